The summed E-state index contributed by atoms with van der Waals surface area (Å²) >= 11 is 6.06. The highest BCUT2D eigenvalue weighted by Crippen LogP contribution is 2.39. The minimum Gasteiger partial charge on any atom is -0.322 e. The van der Waals surface area contributed by atoms with E-state index < -0.39 is 34.9 Å². The summed E-state index contributed by atoms with van der Waals surface area (Å²) in [5, 5.41) is 3.16. The number of urea groups is 1. The van der Waals surface area contributed by atoms with E-state index in [0.29, 0.717) is 29.3 Å². The van der Waals surface area contributed by atoms with Gasteiger partial charge < -0.3 is 5.32 Å². The monoisotopic (exact) mass is 557 g/mol. The van der Waals surface area contributed by atoms with Gasteiger partial charge in [-0.2, -0.15) is 13.2 Å². The maximum atomic E-state index is 14.8. The Morgan fingerprint density at radius 3 is 2.36 bits per heavy atom. The van der Waals surface area contributed by atoms with Crippen molar-refractivity contribution in [3.63, 3.8) is 0 Å². The van der Waals surface area contributed by atoms with Crippen LogP contribution in [0.2, 0.25) is 5.02 Å². The molecule has 1 aliphatic heterocycles. The van der Waals surface area contributed by atoms with Crippen LogP contribution in [0.4, 0.5) is 32.4 Å². The molecule has 2 amide bonds. The lowest BCUT2D eigenvalue weighted by Gasteiger charge is -2.37. The van der Waals surface area contributed by atoms with E-state index in [2.05, 4.69) is 10.3 Å². The Balaban J connectivity index is 1.70. The molecule has 0 spiro atoms. The smallest absolute Gasteiger partial charge is 0.322 e. The van der Waals surface area contributed by atoms with Crippen LogP contribution in [0, 0.1) is 11.6 Å². The number of hydrogen-bond donors (Lipinski definition) is 1. The molecule has 0 fully saturated rings. The summed E-state index contributed by atoms with van der Waals surface area (Å²) in [5.41, 5.74) is -1.21. The summed E-state index contributed by atoms with van der Waals surface area (Å²) in [7, 11) is 0. The lowest BCUT2D eigenvalue weighted by atomic mass is 9.79. The Labute approximate surface area is 226 Å². The van der Waals surface area contributed by atoms with Gasteiger partial charge in [0.1, 0.15) is 17.2 Å². The number of aromatic nitrogens is 1. The highest BCUT2D eigenvalue weighted by atomic mass is 35.5. The van der Waals surface area contributed by atoms with Crippen LogP contribution in [0.5, 0.6) is 0 Å². The van der Waals surface area contributed by atoms with Crippen LogP contribution in [0.15, 0.2) is 85.1 Å². The topological polar surface area (TPSA) is 45.2 Å². The van der Waals surface area contributed by atoms with Crippen molar-refractivity contribution in [1.29, 1.82) is 0 Å². The Morgan fingerprint density at radius 2 is 1.67 bits per heavy atom. The van der Waals surface area contributed by atoms with Gasteiger partial charge in [0.15, 0.2) is 0 Å². The number of pyridine rings is 1. The maximum Gasteiger partial charge on any atom is 0.416 e. The number of halogens is 6. The summed E-state index contributed by atoms with van der Waals surface area (Å²) in [5.74, 6) is -1.57. The molecule has 1 aliphatic rings. The molecule has 1 aromatic heterocycles. The van der Waals surface area contributed by atoms with E-state index in [0.717, 1.165) is 12.1 Å². The summed E-state index contributed by atoms with van der Waals surface area (Å²) < 4.78 is 70.0. The van der Waals surface area contributed by atoms with Gasteiger partial charge in [0.2, 0.25) is 0 Å². The standard InChI is InChI=1S/C29H21ClF5N3O/c30-22-6-9-26(36-17-22)28(16-18-4-2-1-3-5-18,20-13-21(29(33,34)35)15-24(32)14-20)37-27(39)38-11-10-19-12-23(31)7-8-25(19)38/h1-9,12-15,17H,10-11,16H2,(H,37,39)/t28-/m0/s1. The molecule has 4 nitrogen and oxygen atoms in total. The predicted molar refractivity (Wildman–Crippen MR) is 138 cm³/mol. The Morgan fingerprint density at radius 1 is 0.923 bits per heavy atom. The number of benzene rings is 3. The summed E-state index contributed by atoms with van der Waals surface area (Å²) in [6.45, 7) is 0.219. The molecule has 0 bridgehead atoms. The Bertz CT molecular complexity index is 1510. The van der Waals surface area contributed by atoms with Gasteiger partial charge in [-0.1, -0.05) is 41.9 Å². The van der Waals surface area contributed by atoms with Crippen molar-refractivity contribution in [3.8, 4) is 0 Å². The molecule has 0 unspecified atom stereocenters. The van der Waals surface area contributed by atoms with Gasteiger partial charge in [0.25, 0.3) is 0 Å². The van der Waals surface area contributed by atoms with Crippen molar-refractivity contribution < 1.29 is 26.7 Å². The zero-order chi connectivity index (χ0) is 27.8. The van der Waals surface area contributed by atoms with Gasteiger partial charge in [0, 0.05) is 24.8 Å². The van der Waals surface area contributed by atoms with E-state index in [1.165, 1.54) is 41.4 Å². The third-order valence-corrected chi connectivity index (χ3v) is 6.92. The fourth-order valence-electron chi connectivity index (χ4n) is 4.88. The molecular weight excluding hydrogens is 537 g/mol. The number of hydrogen-bond acceptors (Lipinski definition) is 2. The normalized spacial score (nSPS) is 14.6. The van der Waals surface area contributed by atoms with Gasteiger partial charge in [-0.25, -0.2) is 13.6 Å². The molecule has 39 heavy (non-hydrogen) atoms. The first-order valence-electron chi connectivity index (χ1n) is 12.0. The van der Waals surface area contributed by atoms with Crippen molar-refractivity contribution in [3.05, 3.63) is 130 Å². The van der Waals surface area contributed by atoms with Crippen molar-refractivity contribution in [2.75, 3.05) is 11.4 Å². The van der Waals surface area contributed by atoms with E-state index in [4.69, 9.17) is 11.6 Å². The van der Waals surface area contributed by atoms with Crippen molar-refractivity contribution in [2.24, 2.45) is 0 Å². The number of fused-ring (bicyclic) bond motifs is 1. The average Bonchev–Trinajstić information content (AvgIpc) is 3.31. The van der Waals surface area contributed by atoms with Crippen LogP contribution < -0.4 is 10.2 Å². The number of nitrogens with one attached hydrogen (secondary N) is 1. The zero-order valence-corrected chi connectivity index (χ0v) is 21.0. The van der Waals surface area contributed by atoms with Gasteiger partial charge in [0.05, 0.1) is 16.3 Å². The average molecular weight is 558 g/mol. The number of nitrogens with zero attached hydrogens (tertiary/aromatic N) is 2. The lowest BCUT2D eigenvalue weighted by Crippen LogP contribution is -2.53. The first-order valence-corrected chi connectivity index (χ1v) is 12.4. The first kappa shape index (κ1) is 26.6. The SMILES string of the molecule is O=C(N[C@@](Cc1ccccc1)(c1cc(F)cc(C(F)(F)F)c1)c1ccc(Cl)cn1)N1CCc2cc(F)ccc21. The molecule has 4 aromatic rings. The third kappa shape index (κ3) is 5.45. The number of amides is 2. The highest BCUT2D eigenvalue weighted by molar-refractivity contribution is 6.30. The molecule has 0 saturated heterocycles. The minimum atomic E-state index is -4.84. The molecule has 0 radical (unpaired) electrons. The molecule has 1 atom stereocenters. The quantitative estimate of drug-likeness (QED) is 0.262. The van der Waals surface area contributed by atoms with Gasteiger partial charge in [-0.15, -0.1) is 0 Å². The molecular formula is C29H21ClF5N3O. The summed E-state index contributed by atoms with van der Waals surface area (Å²) in [4.78, 5) is 19.6. The lowest BCUT2D eigenvalue weighted by molar-refractivity contribution is -0.137. The molecule has 5 rings (SSSR count). The molecule has 200 valence electrons. The zero-order valence-electron chi connectivity index (χ0n) is 20.3. The summed E-state index contributed by atoms with van der Waals surface area (Å²) in [6, 6.07) is 17.3. The van der Waals surface area contributed by atoms with E-state index in [1.54, 1.807) is 30.3 Å². The minimum absolute atomic E-state index is 0.0565. The van der Waals surface area contributed by atoms with Crippen molar-refractivity contribution in [1.82, 2.24) is 10.3 Å². The van der Waals surface area contributed by atoms with Crippen LogP contribution >= 0.6 is 11.6 Å². The second-order valence-electron chi connectivity index (χ2n) is 9.26. The fourth-order valence-corrected chi connectivity index (χ4v) is 4.99. The Hall–Kier alpha value is -3.98. The van der Waals surface area contributed by atoms with Gasteiger partial charge in [-0.3, -0.25) is 9.88 Å². The number of carbonyl (C=O) groups excluding carboxylic acids is 1. The number of carbonyl (C=O) groups is 1. The third-order valence-electron chi connectivity index (χ3n) is 6.70. The number of anilines is 1. The van der Waals surface area contributed by atoms with Gasteiger partial charge in [-0.05, 0) is 71.6 Å². The molecule has 10 heteroatoms. The molecule has 0 saturated carbocycles. The second-order valence-corrected chi connectivity index (χ2v) is 9.70. The van der Waals surface area contributed by atoms with Crippen molar-refractivity contribution >= 4 is 23.3 Å². The number of rotatable bonds is 5. The summed E-state index contributed by atoms with van der Waals surface area (Å²) in [6.07, 6.45) is -3.20. The van der Waals surface area contributed by atoms with E-state index >= 15 is 0 Å². The van der Waals surface area contributed by atoms with Crippen LogP contribution in [0.1, 0.15) is 27.9 Å². The molecule has 0 aliphatic carbocycles. The predicted octanol–water partition coefficient (Wildman–Crippen LogP) is 7.29. The highest BCUT2D eigenvalue weighted by Gasteiger charge is 2.42. The molecule has 2 heterocycles. The van der Waals surface area contributed by atoms with E-state index in [1.807, 2.05) is 0 Å². The van der Waals surface area contributed by atoms with Crippen LogP contribution in [-0.2, 0) is 24.6 Å². The van der Waals surface area contributed by atoms with Gasteiger partial charge >= 0.3 is 12.2 Å². The number of alkyl halides is 3. The molecule has 1 N–H and O–H groups in total. The van der Waals surface area contributed by atoms with Crippen molar-refractivity contribution in [2.45, 2.75) is 24.6 Å². The first-order chi connectivity index (χ1) is 18.5. The van der Waals surface area contributed by atoms with E-state index in [-0.39, 0.29) is 29.2 Å². The van der Waals surface area contributed by atoms with Crippen LogP contribution in [0.25, 0.3) is 0 Å². The largest absolute Gasteiger partial charge is 0.416 e. The fraction of sp³-hybridized carbons (Fsp3) is 0.172. The molecule has 3 aromatic carbocycles. The second kappa shape index (κ2) is 10.3. The van der Waals surface area contributed by atoms with Crippen LogP contribution in [-0.4, -0.2) is 17.6 Å². The van der Waals surface area contributed by atoms with Crippen LogP contribution in [0.3, 0.4) is 0 Å². The maximum absolute atomic E-state index is 14.8. The Kier molecular flexibility index (Phi) is 7.03. The van der Waals surface area contributed by atoms with E-state index in [9.17, 15) is 26.7 Å².